The Morgan fingerprint density at radius 1 is 1.03 bits per heavy atom. The van der Waals surface area contributed by atoms with E-state index in [2.05, 4.69) is 4.98 Å². The molecule has 0 unspecified atom stereocenters. The highest BCUT2D eigenvalue weighted by molar-refractivity contribution is 7.18. The number of ether oxygens (including phenoxy) is 1. The minimum Gasteiger partial charge on any atom is -0.457 e. The Hall–Kier alpha value is -3.25. The van der Waals surface area contributed by atoms with Gasteiger partial charge in [-0.25, -0.2) is 4.98 Å². The fourth-order valence-corrected chi connectivity index (χ4v) is 4.74. The molecule has 0 spiro atoms. The summed E-state index contributed by atoms with van der Waals surface area (Å²) in [5.41, 5.74) is 4.39. The number of fused-ring (bicyclic) bond motifs is 1. The number of aromatic nitrogens is 2. The third kappa shape index (κ3) is 4.75. The first-order valence-corrected chi connectivity index (χ1v) is 11.1. The largest absolute Gasteiger partial charge is 0.457 e. The fraction of sp³-hybridized carbons (Fsp3) is 0.240. The van der Waals surface area contributed by atoms with Gasteiger partial charge in [-0.3, -0.25) is 9.59 Å². The molecule has 0 aliphatic rings. The van der Waals surface area contributed by atoms with E-state index in [1.807, 2.05) is 79.1 Å². The monoisotopic (exact) mass is 432 g/mol. The van der Waals surface area contributed by atoms with E-state index in [0.717, 1.165) is 38.7 Å². The highest BCUT2D eigenvalue weighted by Crippen LogP contribution is 2.23. The molecule has 0 radical (unpaired) electrons. The quantitative estimate of drug-likeness (QED) is 0.274. The van der Waals surface area contributed by atoms with E-state index >= 15 is 0 Å². The standard InChI is InChI=1S/C25H24N2O3S/c1-17-15-20(18(2)27(17)19-9-4-3-5-10-19)22(28)16-30-25(29)14-8-13-24-26-21-11-6-7-12-23(21)31-24/h3-7,9-12,15H,8,13-14,16H2,1-2H3. The number of rotatable bonds is 8. The van der Waals surface area contributed by atoms with Gasteiger partial charge in [0.1, 0.15) is 0 Å². The van der Waals surface area contributed by atoms with Crippen molar-refractivity contribution < 1.29 is 14.3 Å². The zero-order valence-corrected chi connectivity index (χ0v) is 18.4. The lowest BCUT2D eigenvalue weighted by Gasteiger charge is -2.09. The van der Waals surface area contributed by atoms with E-state index in [-0.39, 0.29) is 24.8 Å². The van der Waals surface area contributed by atoms with Crippen LogP contribution in [0.15, 0.2) is 60.7 Å². The lowest BCUT2D eigenvalue weighted by Crippen LogP contribution is -2.15. The Balaban J connectivity index is 1.30. The summed E-state index contributed by atoms with van der Waals surface area (Å²) in [7, 11) is 0. The number of ketones is 1. The number of carbonyl (C=O) groups is 2. The topological polar surface area (TPSA) is 61.2 Å². The summed E-state index contributed by atoms with van der Waals surface area (Å²) in [6, 6.07) is 19.7. The molecule has 6 heteroatoms. The number of hydrogen-bond donors (Lipinski definition) is 0. The molecular weight excluding hydrogens is 408 g/mol. The Bertz CT molecular complexity index is 1190. The van der Waals surface area contributed by atoms with Crippen molar-refractivity contribution in [2.45, 2.75) is 33.1 Å². The lowest BCUT2D eigenvalue weighted by atomic mass is 10.1. The number of benzene rings is 2. The summed E-state index contributed by atoms with van der Waals surface area (Å²) >= 11 is 1.65. The Kier molecular flexibility index (Phi) is 6.28. The maximum absolute atomic E-state index is 12.7. The smallest absolute Gasteiger partial charge is 0.306 e. The van der Waals surface area contributed by atoms with Gasteiger partial charge in [-0.1, -0.05) is 30.3 Å². The number of hydrogen-bond acceptors (Lipinski definition) is 5. The van der Waals surface area contributed by atoms with Gasteiger partial charge < -0.3 is 9.30 Å². The predicted molar refractivity (Wildman–Crippen MR) is 123 cm³/mol. The fourth-order valence-electron chi connectivity index (χ4n) is 3.73. The van der Waals surface area contributed by atoms with Gasteiger partial charge >= 0.3 is 5.97 Å². The van der Waals surface area contributed by atoms with E-state index in [1.165, 1.54) is 0 Å². The Morgan fingerprint density at radius 3 is 2.55 bits per heavy atom. The molecule has 4 aromatic rings. The molecule has 2 aromatic carbocycles. The third-order valence-electron chi connectivity index (χ3n) is 5.22. The molecule has 0 saturated carbocycles. The minimum absolute atomic E-state index is 0.185. The molecule has 0 atom stereocenters. The molecule has 5 nitrogen and oxygen atoms in total. The summed E-state index contributed by atoms with van der Waals surface area (Å²) in [6.45, 7) is 3.64. The van der Waals surface area contributed by atoms with Gasteiger partial charge in [-0.05, 0) is 57.0 Å². The van der Waals surface area contributed by atoms with Crippen molar-refractivity contribution in [1.82, 2.24) is 9.55 Å². The molecule has 2 heterocycles. The first kappa shape index (κ1) is 21.0. The molecule has 4 rings (SSSR count). The van der Waals surface area contributed by atoms with Gasteiger partial charge in [0.15, 0.2) is 6.61 Å². The number of para-hydroxylation sites is 2. The average molecular weight is 433 g/mol. The molecular formula is C25H24N2O3S. The van der Waals surface area contributed by atoms with E-state index in [0.29, 0.717) is 12.0 Å². The molecule has 0 N–H and O–H groups in total. The van der Waals surface area contributed by atoms with E-state index < -0.39 is 0 Å². The Morgan fingerprint density at radius 2 is 1.77 bits per heavy atom. The summed E-state index contributed by atoms with van der Waals surface area (Å²) in [4.78, 5) is 29.4. The number of esters is 1. The maximum atomic E-state index is 12.7. The third-order valence-corrected chi connectivity index (χ3v) is 6.32. The van der Waals surface area contributed by atoms with Gasteiger partial charge in [-0.15, -0.1) is 11.3 Å². The van der Waals surface area contributed by atoms with E-state index in [4.69, 9.17) is 4.74 Å². The first-order valence-electron chi connectivity index (χ1n) is 10.3. The van der Waals surface area contributed by atoms with Crippen molar-refractivity contribution in [3.63, 3.8) is 0 Å². The number of aryl methyl sites for hydroxylation is 2. The van der Waals surface area contributed by atoms with Gasteiger partial charge in [0, 0.05) is 29.1 Å². The number of thiazole rings is 1. The summed E-state index contributed by atoms with van der Waals surface area (Å²) in [5.74, 6) is -0.541. The van der Waals surface area contributed by atoms with Crippen LogP contribution in [-0.4, -0.2) is 27.9 Å². The second-order valence-corrected chi connectivity index (χ2v) is 8.58. The second-order valence-electron chi connectivity index (χ2n) is 7.47. The van der Waals surface area contributed by atoms with Crippen LogP contribution in [0, 0.1) is 13.8 Å². The first-order chi connectivity index (χ1) is 15.0. The molecule has 158 valence electrons. The average Bonchev–Trinajstić information content (AvgIpc) is 3.32. The molecule has 0 saturated heterocycles. The van der Waals surface area contributed by atoms with Crippen molar-refractivity contribution in [2.24, 2.45) is 0 Å². The molecule has 2 aromatic heterocycles. The van der Waals surface area contributed by atoms with Crippen molar-refractivity contribution in [1.29, 1.82) is 0 Å². The van der Waals surface area contributed by atoms with Crippen molar-refractivity contribution in [3.05, 3.63) is 82.6 Å². The highest BCUT2D eigenvalue weighted by atomic mass is 32.1. The lowest BCUT2D eigenvalue weighted by molar-refractivity contribution is -0.142. The van der Waals surface area contributed by atoms with E-state index in [1.54, 1.807) is 11.3 Å². The molecule has 0 aliphatic carbocycles. The normalized spacial score (nSPS) is 11.0. The van der Waals surface area contributed by atoms with Crippen LogP contribution in [0.2, 0.25) is 0 Å². The van der Waals surface area contributed by atoms with Gasteiger partial charge in [0.05, 0.1) is 15.2 Å². The predicted octanol–water partition coefficient (Wildman–Crippen LogP) is 5.45. The molecule has 31 heavy (non-hydrogen) atoms. The molecule has 0 bridgehead atoms. The number of carbonyl (C=O) groups excluding carboxylic acids is 2. The highest BCUT2D eigenvalue weighted by Gasteiger charge is 2.18. The molecule has 0 aliphatic heterocycles. The Labute approximate surface area is 185 Å². The van der Waals surface area contributed by atoms with Gasteiger partial charge in [-0.2, -0.15) is 0 Å². The van der Waals surface area contributed by atoms with Crippen LogP contribution in [0.25, 0.3) is 15.9 Å². The number of nitrogens with zero attached hydrogens (tertiary/aromatic N) is 2. The van der Waals surface area contributed by atoms with Gasteiger partial charge in [0.2, 0.25) is 5.78 Å². The van der Waals surface area contributed by atoms with Crippen LogP contribution in [0.3, 0.4) is 0 Å². The zero-order chi connectivity index (χ0) is 21.8. The van der Waals surface area contributed by atoms with Crippen molar-refractivity contribution in [2.75, 3.05) is 6.61 Å². The van der Waals surface area contributed by atoms with Crippen LogP contribution in [0.4, 0.5) is 0 Å². The van der Waals surface area contributed by atoms with Crippen LogP contribution in [0.5, 0.6) is 0 Å². The second kappa shape index (κ2) is 9.27. The summed E-state index contributed by atoms with van der Waals surface area (Å²) in [5, 5.41) is 1.01. The maximum Gasteiger partial charge on any atom is 0.306 e. The molecule has 0 fully saturated rings. The van der Waals surface area contributed by atoms with Crippen LogP contribution in [0.1, 0.15) is 39.6 Å². The van der Waals surface area contributed by atoms with Crippen LogP contribution in [-0.2, 0) is 16.0 Å². The SMILES string of the molecule is Cc1cc(C(=O)COC(=O)CCCc2nc3ccccc3s2)c(C)n1-c1ccccc1. The van der Waals surface area contributed by atoms with E-state index in [9.17, 15) is 9.59 Å². The van der Waals surface area contributed by atoms with Crippen molar-refractivity contribution >= 4 is 33.3 Å². The number of Topliss-reactive ketones (excluding diaryl/α,β-unsaturated/α-hetero) is 1. The zero-order valence-electron chi connectivity index (χ0n) is 17.6. The summed E-state index contributed by atoms with van der Waals surface area (Å²) < 4.78 is 8.44. The van der Waals surface area contributed by atoms with Gasteiger partial charge in [0.25, 0.3) is 0 Å². The van der Waals surface area contributed by atoms with Crippen molar-refractivity contribution in [3.8, 4) is 5.69 Å². The van der Waals surface area contributed by atoms with Crippen LogP contribution < -0.4 is 0 Å². The van der Waals surface area contributed by atoms with Crippen LogP contribution >= 0.6 is 11.3 Å². The molecule has 0 amide bonds. The summed E-state index contributed by atoms with van der Waals surface area (Å²) in [6.07, 6.45) is 1.64. The minimum atomic E-state index is -0.355.